The predicted octanol–water partition coefficient (Wildman–Crippen LogP) is 3.53. The van der Waals surface area contributed by atoms with Gasteiger partial charge in [0.05, 0.1) is 0 Å². The summed E-state index contributed by atoms with van der Waals surface area (Å²) in [6, 6.07) is 0. The molecule has 0 N–H and O–H groups in total. The number of hydrogen-bond acceptors (Lipinski definition) is 0. The molecule has 0 nitrogen and oxygen atoms in total. The third-order valence-electron chi connectivity index (χ3n) is 2.61. The van der Waals surface area contributed by atoms with Gasteiger partial charge in [0.25, 0.3) is 0 Å². The van der Waals surface area contributed by atoms with Crippen molar-refractivity contribution in [2.24, 2.45) is 11.3 Å². The first-order valence-corrected chi connectivity index (χ1v) is 3.80. The number of halogens is 6. The highest BCUT2D eigenvalue weighted by atomic mass is 19.4. The van der Waals surface area contributed by atoms with Crippen LogP contribution in [0.3, 0.4) is 0 Å². The van der Waals surface area contributed by atoms with Gasteiger partial charge in [-0.15, -0.1) is 0 Å². The zero-order valence-electron chi connectivity index (χ0n) is 6.76. The first-order valence-electron chi connectivity index (χ1n) is 3.80. The van der Waals surface area contributed by atoms with Crippen LogP contribution < -0.4 is 0 Å². The molecule has 1 unspecified atom stereocenters. The molecule has 0 radical (unpaired) electrons. The topological polar surface area (TPSA) is 0 Å². The molecular weight excluding hydrogens is 198 g/mol. The highest BCUT2D eigenvalue weighted by Gasteiger charge is 2.82. The Hall–Kier alpha value is -0.420. The lowest BCUT2D eigenvalue weighted by Gasteiger charge is -2.23. The second kappa shape index (κ2) is 2.54. The van der Waals surface area contributed by atoms with Gasteiger partial charge in [0.15, 0.2) is 5.41 Å². The fraction of sp³-hybridized carbons (Fsp3) is 1.00. The van der Waals surface area contributed by atoms with Crippen molar-refractivity contribution >= 4 is 0 Å². The minimum Gasteiger partial charge on any atom is -0.170 e. The van der Waals surface area contributed by atoms with Crippen molar-refractivity contribution in [1.82, 2.24) is 0 Å². The van der Waals surface area contributed by atoms with Crippen molar-refractivity contribution in [2.45, 2.75) is 32.1 Å². The molecule has 0 aromatic rings. The molecule has 1 fully saturated rings. The molecule has 0 aromatic heterocycles. The zero-order valence-corrected chi connectivity index (χ0v) is 6.76. The maximum Gasteiger partial charge on any atom is 0.403 e. The number of rotatable bonds is 1. The third-order valence-corrected chi connectivity index (χ3v) is 2.61. The Balaban J connectivity index is 2.95. The molecule has 0 amide bonds. The standard InChI is InChI=1S/C7H8F6/c1-2-4-3-5(4,6(8,9)10)7(11,12)13/h4H,2-3H2,1H3. The average Bonchev–Trinajstić information content (AvgIpc) is 2.57. The zero-order chi connectivity index (χ0) is 10.5. The van der Waals surface area contributed by atoms with Crippen LogP contribution in [0.4, 0.5) is 26.3 Å². The van der Waals surface area contributed by atoms with Crippen LogP contribution in [0, 0.1) is 11.3 Å². The van der Waals surface area contributed by atoms with Crippen molar-refractivity contribution < 1.29 is 26.3 Å². The van der Waals surface area contributed by atoms with Gasteiger partial charge >= 0.3 is 12.4 Å². The lowest BCUT2D eigenvalue weighted by atomic mass is 10.0. The Labute approximate surface area is 70.9 Å². The smallest absolute Gasteiger partial charge is 0.170 e. The maximum atomic E-state index is 12.1. The summed E-state index contributed by atoms with van der Waals surface area (Å²) in [6.45, 7) is 1.34. The normalized spacial score (nSPS) is 27.5. The van der Waals surface area contributed by atoms with E-state index in [0.717, 1.165) is 0 Å². The van der Waals surface area contributed by atoms with Crippen LogP contribution in [0.5, 0.6) is 0 Å². The Bertz CT molecular complexity index is 186. The molecule has 0 heterocycles. The summed E-state index contributed by atoms with van der Waals surface area (Å²) in [7, 11) is 0. The minimum atomic E-state index is -5.16. The fourth-order valence-electron chi connectivity index (χ4n) is 1.68. The summed E-state index contributed by atoms with van der Waals surface area (Å²) in [5.74, 6) is -1.28. The average molecular weight is 206 g/mol. The van der Waals surface area contributed by atoms with Crippen LogP contribution in [-0.2, 0) is 0 Å². The van der Waals surface area contributed by atoms with Gasteiger partial charge in [0, 0.05) is 0 Å². The molecule has 1 atom stereocenters. The number of alkyl halides is 6. The molecule has 78 valence electrons. The summed E-state index contributed by atoms with van der Waals surface area (Å²) >= 11 is 0. The third kappa shape index (κ3) is 1.30. The van der Waals surface area contributed by atoms with Gasteiger partial charge in [-0.05, 0) is 12.3 Å². The van der Waals surface area contributed by atoms with Crippen molar-refractivity contribution in [3.05, 3.63) is 0 Å². The molecule has 1 rings (SSSR count). The monoisotopic (exact) mass is 206 g/mol. The van der Waals surface area contributed by atoms with E-state index in [0.29, 0.717) is 0 Å². The Kier molecular flexibility index (Phi) is 2.08. The summed E-state index contributed by atoms with van der Waals surface area (Å²) in [4.78, 5) is 0. The Morgan fingerprint density at radius 2 is 1.46 bits per heavy atom. The van der Waals surface area contributed by atoms with Crippen LogP contribution in [0.2, 0.25) is 0 Å². The summed E-state index contributed by atoms with van der Waals surface area (Å²) < 4.78 is 72.7. The van der Waals surface area contributed by atoms with Gasteiger partial charge in [-0.2, -0.15) is 26.3 Å². The Morgan fingerprint density at radius 1 is 1.08 bits per heavy atom. The van der Waals surface area contributed by atoms with Crippen molar-refractivity contribution in [3.63, 3.8) is 0 Å². The molecule has 0 saturated heterocycles. The minimum absolute atomic E-state index is 0.0843. The van der Waals surface area contributed by atoms with Crippen LogP contribution in [0.15, 0.2) is 0 Å². The molecule has 1 aliphatic rings. The van der Waals surface area contributed by atoms with Crippen molar-refractivity contribution in [3.8, 4) is 0 Å². The van der Waals surface area contributed by atoms with Gasteiger partial charge < -0.3 is 0 Å². The van der Waals surface area contributed by atoms with E-state index in [-0.39, 0.29) is 6.42 Å². The molecule has 0 aliphatic heterocycles. The molecule has 6 heteroatoms. The van der Waals surface area contributed by atoms with E-state index in [2.05, 4.69) is 0 Å². The fourth-order valence-corrected chi connectivity index (χ4v) is 1.68. The predicted molar refractivity (Wildman–Crippen MR) is 32.9 cm³/mol. The molecule has 1 saturated carbocycles. The second-order valence-corrected chi connectivity index (χ2v) is 3.28. The summed E-state index contributed by atoms with van der Waals surface area (Å²) in [5.41, 5.74) is -3.41. The van der Waals surface area contributed by atoms with E-state index in [1.807, 2.05) is 0 Å². The molecule has 1 aliphatic carbocycles. The van der Waals surface area contributed by atoms with Gasteiger partial charge in [0.2, 0.25) is 0 Å². The quantitative estimate of drug-likeness (QED) is 0.575. The van der Waals surface area contributed by atoms with E-state index in [4.69, 9.17) is 0 Å². The molecular formula is C7H8F6. The van der Waals surface area contributed by atoms with Crippen LogP contribution in [0.25, 0.3) is 0 Å². The van der Waals surface area contributed by atoms with Crippen molar-refractivity contribution in [1.29, 1.82) is 0 Å². The van der Waals surface area contributed by atoms with E-state index >= 15 is 0 Å². The van der Waals surface area contributed by atoms with Crippen LogP contribution >= 0.6 is 0 Å². The van der Waals surface area contributed by atoms with Gasteiger partial charge in [-0.1, -0.05) is 13.3 Å². The lowest BCUT2D eigenvalue weighted by Crippen LogP contribution is -2.40. The first kappa shape index (κ1) is 10.7. The first-order chi connectivity index (χ1) is 5.67. The number of hydrogen-bond donors (Lipinski definition) is 0. The van der Waals surface area contributed by atoms with Gasteiger partial charge in [0.1, 0.15) is 0 Å². The van der Waals surface area contributed by atoms with E-state index in [9.17, 15) is 26.3 Å². The molecule has 0 spiro atoms. The van der Waals surface area contributed by atoms with E-state index in [1.165, 1.54) is 6.92 Å². The Morgan fingerprint density at radius 3 is 1.54 bits per heavy atom. The molecule has 0 bridgehead atoms. The molecule has 0 aromatic carbocycles. The highest BCUT2D eigenvalue weighted by Crippen LogP contribution is 2.71. The van der Waals surface area contributed by atoms with Gasteiger partial charge in [-0.25, -0.2) is 0 Å². The highest BCUT2D eigenvalue weighted by molar-refractivity contribution is 5.11. The molecule has 13 heavy (non-hydrogen) atoms. The van der Waals surface area contributed by atoms with E-state index in [1.54, 1.807) is 0 Å². The summed E-state index contributed by atoms with van der Waals surface area (Å²) in [5, 5.41) is 0. The lowest BCUT2D eigenvalue weighted by molar-refractivity contribution is -0.305. The van der Waals surface area contributed by atoms with Crippen molar-refractivity contribution in [2.75, 3.05) is 0 Å². The van der Waals surface area contributed by atoms with Gasteiger partial charge in [-0.3, -0.25) is 0 Å². The second-order valence-electron chi connectivity index (χ2n) is 3.28. The van der Waals surface area contributed by atoms with Crippen LogP contribution in [0.1, 0.15) is 19.8 Å². The SMILES string of the molecule is CCC1CC1(C(F)(F)F)C(F)(F)F. The van der Waals surface area contributed by atoms with Crippen LogP contribution in [-0.4, -0.2) is 12.4 Å². The maximum absolute atomic E-state index is 12.1. The summed E-state index contributed by atoms with van der Waals surface area (Å²) in [6.07, 6.45) is -11.2. The van der Waals surface area contributed by atoms with E-state index < -0.39 is 30.1 Å². The largest absolute Gasteiger partial charge is 0.403 e.